The van der Waals surface area contributed by atoms with E-state index in [1.807, 2.05) is 13.8 Å². The van der Waals surface area contributed by atoms with Crippen molar-refractivity contribution in [1.29, 1.82) is 0 Å². The van der Waals surface area contributed by atoms with Crippen LogP contribution in [-0.4, -0.2) is 12.7 Å². The Morgan fingerprint density at radius 3 is 2.42 bits per heavy atom. The van der Waals surface area contributed by atoms with Crippen LogP contribution in [0.1, 0.15) is 33.6 Å². The molecule has 0 aliphatic rings. The molecule has 0 rings (SSSR count). The fourth-order valence-corrected chi connectivity index (χ4v) is 1.17. The summed E-state index contributed by atoms with van der Waals surface area (Å²) in [6, 6.07) is 0. The molecule has 1 atom stereocenters. The van der Waals surface area contributed by atoms with E-state index in [1.54, 1.807) is 0 Å². The molecule has 0 bridgehead atoms. The van der Waals surface area contributed by atoms with Gasteiger partial charge in [-0.3, -0.25) is 0 Å². The standard InChI is InChI=1S/C7H16O3P.Zn/c1-4-5-6-9-11(8)10-7(2)3;/h7H,4-6H2,1-3H3;/q+1;. The first kappa shape index (κ1) is 15.1. The van der Waals surface area contributed by atoms with Gasteiger partial charge < -0.3 is 0 Å². The van der Waals surface area contributed by atoms with E-state index < -0.39 is 8.25 Å². The summed E-state index contributed by atoms with van der Waals surface area (Å²) in [4.78, 5) is 0. The van der Waals surface area contributed by atoms with Crippen LogP contribution in [0.15, 0.2) is 0 Å². The molecule has 0 aromatic heterocycles. The molecule has 0 aliphatic carbocycles. The maximum Gasteiger partial charge on any atom is 0.697 e. The van der Waals surface area contributed by atoms with Crippen LogP contribution in [0, 0.1) is 0 Å². The van der Waals surface area contributed by atoms with Crippen LogP contribution in [0.5, 0.6) is 0 Å². The Kier molecular flexibility index (Phi) is 12.3. The third kappa shape index (κ3) is 10.6. The minimum absolute atomic E-state index is 0. The number of hydrogen-bond donors (Lipinski definition) is 0. The Balaban J connectivity index is 0. The SMILES string of the molecule is CCCCO[P+](=O)OC(C)C.[Zn]. The van der Waals surface area contributed by atoms with E-state index in [-0.39, 0.29) is 25.6 Å². The third-order valence-corrected chi connectivity index (χ3v) is 1.98. The fraction of sp³-hybridized carbons (Fsp3) is 1.00. The Hall–Kier alpha value is 0.643. The van der Waals surface area contributed by atoms with Gasteiger partial charge >= 0.3 is 8.25 Å². The molecule has 0 radical (unpaired) electrons. The van der Waals surface area contributed by atoms with Gasteiger partial charge in [-0.25, -0.2) is 0 Å². The first-order valence-electron chi connectivity index (χ1n) is 3.93. The molecule has 3 nitrogen and oxygen atoms in total. The molecule has 0 N–H and O–H groups in total. The Labute approximate surface area is 87.9 Å². The molecule has 0 fully saturated rings. The fourth-order valence-electron chi connectivity index (χ4n) is 0.486. The van der Waals surface area contributed by atoms with Crippen LogP contribution in [0.3, 0.4) is 0 Å². The van der Waals surface area contributed by atoms with Gasteiger partial charge in [0.2, 0.25) is 0 Å². The molecular formula is C7H16O3PZn+. The van der Waals surface area contributed by atoms with Gasteiger partial charge in [0.15, 0.2) is 0 Å². The molecule has 0 saturated carbocycles. The topological polar surface area (TPSA) is 35.5 Å². The van der Waals surface area contributed by atoms with Crippen molar-refractivity contribution in [2.24, 2.45) is 0 Å². The van der Waals surface area contributed by atoms with E-state index in [0.717, 1.165) is 12.8 Å². The van der Waals surface area contributed by atoms with Gasteiger partial charge in [-0.2, -0.15) is 0 Å². The summed E-state index contributed by atoms with van der Waals surface area (Å²) in [7, 11) is -1.88. The second kappa shape index (κ2) is 9.73. The van der Waals surface area contributed by atoms with Crippen molar-refractivity contribution in [2.45, 2.75) is 39.7 Å². The predicted octanol–water partition coefficient (Wildman–Crippen LogP) is 2.88. The normalized spacial score (nSPS) is 11.2. The summed E-state index contributed by atoms with van der Waals surface area (Å²) in [6.07, 6.45) is 1.95. The summed E-state index contributed by atoms with van der Waals surface area (Å²) < 4.78 is 20.6. The average molecular weight is 245 g/mol. The van der Waals surface area contributed by atoms with Crippen LogP contribution in [0.4, 0.5) is 0 Å². The van der Waals surface area contributed by atoms with Crippen molar-refractivity contribution < 1.29 is 33.1 Å². The Morgan fingerprint density at radius 1 is 1.42 bits per heavy atom. The smallest absolute Gasteiger partial charge is 0.119 e. The van der Waals surface area contributed by atoms with Crippen molar-refractivity contribution >= 4 is 8.25 Å². The molecule has 0 heterocycles. The minimum atomic E-state index is -1.88. The van der Waals surface area contributed by atoms with Crippen LogP contribution in [0.2, 0.25) is 0 Å². The van der Waals surface area contributed by atoms with Gasteiger partial charge in [-0.15, -0.1) is 9.05 Å². The maximum atomic E-state index is 10.8. The van der Waals surface area contributed by atoms with Crippen molar-refractivity contribution in [3.63, 3.8) is 0 Å². The summed E-state index contributed by atoms with van der Waals surface area (Å²) >= 11 is 0. The second-order valence-electron chi connectivity index (χ2n) is 2.56. The monoisotopic (exact) mass is 243 g/mol. The molecule has 0 aromatic rings. The molecule has 0 saturated heterocycles. The summed E-state index contributed by atoms with van der Waals surface area (Å²) in [5.41, 5.74) is 0. The molecule has 0 amide bonds. The molecule has 1 unspecified atom stereocenters. The second-order valence-corrected chi connectivity index (χ2v) is 3.48. The van der Waals surface area contributed by atoms with Gasteiger partial charge in [0, 0.05) is 24.0 Å². The Morgan fingerprint density at radius 2 is 2.00 bits per heavy atom. The van der Waals surface area contributed by atoms with Gasteiger partial charge in [0.1, 0.15) is 12.7 Å². The van der Waals surface area contributed by atoms with Crippen LogP contribution >= 0.6 is 8.25 Å². The number of rotatable bonds is 6. The molecule has 0 aromatic carbocycles. The summed E-state index contributed by atoms with van der Waals surface area (Å²) in [5, 5.41) is 0. The predicted molar refractivity (Wildman–Crippen MR) is 44.7 cm³/mol. The first-order valence-corrected chi connectivity index (χ1v) is 5.03. The zero-order valence-electron chi connectivity index (χ0n) is 8.08. The minimum Gasteiger partial charge on any atom is -0.119 e. The van der Waals surface area contributed by atoms with Crippen LogP contribution < -0.4 is 0 Å². The van der Waals surface area contributed by atoms with Crippen molar-refractivity contribution in [3.8, 4) is 0 Å². The molecule has 68 valence electrons. The average Bonchev–Trinajstić information content (AvgIpc) is 1.86. The van der Waals surface area contributed by atoms with E-state index in [4.69, 9.17) is 9.05 Å². The molecule has 0 spiro atoms. The van der Waals surface area contributed by atoms with Gasteiger partial charge in [0.05, 0.1) is 0 Å². The van der Waals surface area contributed by atoms with Gasteiger partial charge in [-0.1, -0.05) is 13.3 Å². The zero-order valence-corrected chi connectivity index (χ0v) is 11.9. The largest absolute Gasteiger partial charge is 0.697 e. The zero-order chi connectivity index (χ0) is 8.69. The molecule has 0 aliphatic heterocycles. The van der Waals surface area contributed by atoms with E-state index in [0.29, 0.717) is 6.61 Å². The third-order valence-electron chi connectivity index (χ3n) is 0.991. The Bertz CT molecular complexity index is 119. The molecule has 5 heteroatoms. The summed E-state index contributed by atoms with van der Waals surface area (Å²) in [5.74, 6) is 0. The van der Waals surface area contributed by atoms with Crippen molar-refractivity contribution in [2.75, 3.05) is 6.61 Å². The van der Waals surface area contributed by atoms with Gasteiger partial charge in [-0.05, 0) is 20.3 Å². The van der Waals surface area contributed by atoms with E-state index in [2.05, 4.69) is 6.92 Å². The van der Waals surface area contributed by atoms with Crippen LogP contribution in [-0.2, 0) is 33.1 Å². The molecule has 12 heavy (non-hydrogen) atoms. The maximum absolute atomic E-state index is 10.8. The van der Waals surface area contributed by atoms with Gasteiger partial charge in [0.25, 0.3) is 0 Å². The van der Waals surface area contributed by atoms with Crippen molar-refractivity contribution in [1.82, 2.24) is 0 Å². The van der Waals surface area contributed by atoms with E-state index in [9.17, 15) is 4.57 Å². The molecular weight excluding hydrogens is 228 g/mol. The first-order chi connectivity index (χ1) is 5.16. The van der Waals surface area contributed by atoms with E-state index in [1.165, 1.54) is 0 Å². The summed E-state index contributed by atoms with van der Waals surface area (Å²) in [6.45, 7) is 6.24. The van der Waals surface area contributed by atoms with Crippen molar-refractivity contribution in [3.05, 3.63) is 0 Å². The van der Waals surface area contributed by atoms with E-state index >= 15 is 0 Å². The quantitative estimate of drug-likeness (QED) is 0.409. The number of unbranched alkanes of at least 4 members (excludes halogenated alkanes) is 1. The number of hydrogen-bond acceptors (Lipinski definition) is 3. The van der Waals surface area contributed by atoms with Crippen LogP contribution in [0.25, 0.3) is 0 Å².